The highest BCUT2D eigenvalue weighted by Gasteiger charge is 2.37. The van der Waals surface area contributed by atoms with Crippen LogP contribution < -0.4 is 5.32 Å². The molecule has 2 N–H and O–H groups in total. The second kappa shape index (κ2) is 7.16. The van der Waals surface area contributed by atoms with E-state index in [9.17, 15) is 35.9 Å². The molecule has 1 atom stereocenters. The minimum Gasteiger partial charge on any atom is -0.480 e. The van der Waals surface area contributed by atoms with Crippen molar-refractivity contribution < 1.29 is 41.0 Å². The summed E-state index contributed by atoms with van der Waals surface area (Å²) in [5, 5.41) is 10.9. The molecule has 10 heteroatoms. The number of halogens is 6. The summed E-state index contributed by atoms with van der Waals surface area (Å²) in [5.41, 5.74) is -3.93. The van der Waals surface area contributed by atoms with Gasteiger partial charge in [-0.25, -0.2) is 4.79 Å². The zero-order valence-electron chi connectivity index (χ0n) is 12.8. The number of hydrogen-bond donors (Lipinski definition) is 2. The van der Waals surface area contributed by atoms with Gasteiger partial charge in [-0.05, 0) is 31.5 Å². The van der Waals surface area contributed by atoms with Gasteiger partial charge in [-0.15, -0.1) is 6.58 Å². The van der Waals surface area contributed by atoms with Crippen molar-refractivity contribution in [3.05, 3.63) is 47.0 Å². The maximum atomic E-state index is 12.8. The van der Waals surface area contributed by atoms with E-state index in [0.717, 1.165) is 0 Å². The molecule has 0 aliphatic rings. The summed E-state index contributed by atoms with van der Waals surface area (Å²) in [5.74, 6) is -2.87. The first-order valence-electron chi connectivity index (χ1n) is 6.69. The van der Waals surface area contributed by atoms with E-state index in [0.29, 0.717) is 5.57 Å². The number of alkyl halides is 6. The van der Waals surface area contributed by atoms with Crippen molar-refractivity contribution in [2.75, 3.05) is 0 Å². The van der Waals surface area contributed by atoms with Crippen molar-refractivity contribution in [1.82, 2.24) is 5.32 Å². The molecule has 1 aromatic rings. The lowest BCUT2D eigenvalue weighted by atomic mass is 10.0. The van der Waals surface area contributed by atoms with Gasteiger partial charge in [0.1, 0.15) is 6.04 Å². The monoisotopic (exact) mass is 369 g/mol. The first kappa shape index (κ1) is 20.5. The van der Waals surface area contributed by atoms with E-state index in [1.807, 2.05) is 5.32 Å². The van der Waals surface area contributed by atoms with Crippen LogP contribution in [0.3, 0.4) is 0 Å². The Hall–Kier alpha value is -2.52. The summed E-state index contributed by atoms with van der Waals surface area (Å²) in [4.78, 5) is 23.0. The van der Waals surface area contributed by atoms with Crippen molar-refractivity contribution in [2.45, 2.75) is 31.7 Å². The predicted molar refractivity (Wildman–Crippen MR) is 74.8 cm³/mol. The van der Waals surface area contributed by atoms with Gasteiger partial charge in [-0.2, -0.15) is 26.3 Å². The lowest BCUT2D eigenvalue weighted by Crippen LogP contribution is -2.41. The number of benzene rings is 1. The second-order valence-electron chi connectivity index (χ2n) is 5.32. The van der Waals surface area contributed by atoms with E-state index < -0.39 is 47.0 Å². The van der Waals surface area contributed by atoms with Crippen molar-refractivity contribution in [1.29, 1.82) is 0 Å². The molecule has 1 amide bonds. The molecule has 4 nitrogen and oxygen atoms in total. The molecule has 1 rings (SSSR count). The molecule has 0 spiro atoms. The van der Waals surface area contributed by atoms with Crippen LogP contribution in [0.5, 0.6) is 0 Å². The van der Waals surface area contributed by atoms with Crippen LogP contribution in [-0.4, -0.2) is 23.0 Å². The van der Waals surface area contributed by atoms with E-state index in [1.165, 1.54) is 6.92 Å². The number of amides is 1. The van der Waals surface area contributed by atoms with Crippen LogP contribution in [0, 0.1) is 0 Å². The molecule has 1 aromatic carbocycles. The Bertz CT molecular complexity index is 661. The van der Waals surface area contributed by atoms with E-state index in [-0.39, 0.29) is 24.6 Å². The van der Waals surface area contributed by atoms with Crippen molar-refractivity contribution in [2.24, 2.45) is 0 Å². The normalized spacial score (nSPS) is 13.2. The number of nitrogens with one attached hydrogen (secondary N) is 1. The Labute approximate surface area is 138 Å². The first-order valence-corrected chi connectivity index (χ1v) is 6.69. The van der Waals surface area contributed by atoms with Gasteiger partial charge in [0, 0.05) is 5.56 Å². The quantitative estimate of drug-likeness (QED) is 0.612. The first-order chi connectivity index (χ1) is 11.2. The number of hydrogen-bond acceptors (Lipinski definition) is 2. The molecule has 0 bridgehead atoms. The van der Waals surface area contributed by atoms with E-state index >= 15 is 0 Å². The fourth-order valence-electron chi connectivity index (χ4n) is 1.88. The summed E-state index contributed by atoms with van der Waals surface area (Å²) >= 11 is 0. The van der Waals surface area contributed by atoms with Gasteiger partial charge in [0.2, 0.25) is 0 Å². The third kappa shape index (κ3) is 5.80. The number of carbonyl (C=O) groups is 2. The average Bonchev–Trinajstić information content (AvgIpc) is 2.43. The Balaban J connectivity index is 3.28. The molecule has 0 aliphatic carbocycles. The van der Waals surface area contributed by atoms with Crippen molar-refractivity contribution in [3.8, 4) is 0 Å². The lowest BCUT2D eigenvalue weighted by Gasteiger charge is -2.17. The molecule has 138 valence electrons. The summed E-state index contributed by atoms with van der Waals surface area (Å²) in [6, 6.07) is -1.21. The van der Waals surface area contributed by atoms with Crippen LogP contribution in [0.4, 0.5) is 26.3 Å². The van der Waals surface area contributed by atoms with Crippen molar-refractivity contribution >= 4 is 11.9 Å². The fourth-order valence-corrected chi connectivity index (χ4v) is 1.88. The molecule has 0 saturated carbocycles. The standard InChI is InChI=1S/C15H13F6NO3/c1-7(2)3-11(13(24)25)22-12(23)8-4-9(14(16,17)18)6-10(5-8)15(19,20)21/h4-6,11H,1,3H2,2H3,(H,22,23)(H,24,25)/t11-/m0/s1. The van der Waals surface area contributed by atoms with Gasteiger partial charge in [0.25, 0.3) is 5.91 Å². The Morgan fingerprint density at radius 3 is 1.84 bits per heavy atom. The lowest BCUT2D eigenvalue weighted by molar-refractivity contribution is -0.143. The zero-order chi connectivity index (χ0) is 19.6. The highest BCUT2D eigenvalue weighted by atomic mass is 19.4. The van der Waals surface area contributed by atoms with Gasteiger partial charge in [-0.3, -0.25) is 4.79 Å². The largest absolute Gasteiger partial charge is 0.480 e. The SMILES string of the molecule is C=C(C)C[C@H](NC(=O)c1cc(C(F)(F)F)cc(C(F)(F)F)c1)C(=O)O. The number of aliphatic carboxylic acids is 1. The van der Waals surface area contributed by atoms with E-state index in [2.05, 4.69) is 6.58 Å². The zero-order valence-corrected chi connectivity index (χ0v) is 12.8. The average molecular weight is 369 g/mol. The smallest absolute Gasteiger partial charge is 0.416 e. The molecule has 0 aliphatic heterocycles. The van der Waals surface area contributed by atoms with Gasteiger partial charge >= 0.3 is 18.3 Å². The van der Waals surface area contributed by atoms with E-state index in [4.69, 9.17) is 5.11 Å². The van der Waals surface area contributed by atoms with Crippen LogP contribution in [0.15, 0.2) is 30.4 Å². The molecule has 0 saturated heterocycles. The number of carboxylic acid groups (broad SMARTS) is 1. The van der Waals surface area contributed by atoms with Gasteiger partial charge in [-0.1, -0.05) is 5.57 Å². The highest BCUT2D eigenvalue weighted by Crippen LogP contribution is 2.36. The van der Waals surface area contributed by atoms with Crippen LogP contribution in [0.25, 0.3) is 0 Å². The third-order valence-electron chi connectivity index (χ3n) is 3.01. The number of rotatable bonds is 5. The van der Waals surface area contributed by atoms with Crippen LogP contribution >= 0.6 is 0 Å². The van der Waals surface area contributed by atoms with Gasteiger partial charge < -0.3 is 10.4 Å². The fraction of sp³-hybridized carbons (Fsp3) is 0.333. The van der Waals surface area contributed by atoms with Crippen LogP contribution in [0.1, 0.15) is 34.8 Å². The molecule has 0 radical (unpaired) electrons. The highest BCUT2D eigenvalue weighted by molar-refractivity contribution is 5.97. The summed E-state index contributed by atoms with van der Waals surface area (Å²) in [6.45, 7) is 4.89. The summed E-state index contributed by atoms with van der Waals surface area (Å²) in [7, 11) is 0. The molecular formula is C15H13F6NO3. The molecular weight excluding hydrogens is 356 g/mol. The Morgan fingerprint density at radius 1 is 1.08 bits per heavy atom. The summed E-state index contributed by atoms with van der Waals surface area (Å²) in [6.07, 6.45) is -10.5. The van der Waals surface area contributed by atoms with Crippen LogP contribution in [0.2, 0.25) is 0 Å². The van der Waals surface area contributed by atoms with Gasteiger partial charge in [0.15, 0.2) is 0 Å². The predicted octanol–water partition coefficient (Wildman–Crippen LogP) is 3.87. The minimum absolute atomic E-state index is 0.126. The summed E-state index contributed by atoms with van der Waals surface area (Å²) < 4.78 is 76.5. The van der Waals surface area contributed by atoms with Crippen molar-refractivity contribution in [3.63, 3.8) is 0 Å². The molecule has 0 unspecified atom stereocenters. The maximum Gasteiger partial charge on any atom is 0.416 e. The van der Waals surface area contributed by atoms with Crippen LogP contribution in [-0.2, 0) is 17.1 Å². The van der Waals surface area contributed by atoms with Gasteiger partial charge in [0.05, 0.1) is 11.1 Å². The Kier molecular flexibility index (Phi) is 5.88. The molecule has 0 heterocycles. The topological polar surface area (TPSA) is 66.4 Å². The second-order valence-corrected chi connectivity index (χ2v) is 5.32. The molecule has 25 heavy (non-hydrogen) atoms. The molecule has 0 fully saturated rings. The third-order valence-corrected chi connectivity index (χ3v) is 3.01. The Morgan fingerprint density at radius 2 is 1.52 bits per heavy atom. The molecule has 0 aromatic heterocycles. The maximum absolute atomic E-state index is 12.8. The number of carboxylic acids is 1. The van der Waals surface area contributed by atoms with E-state index in [1.54, 1.807) is 0 Å². The minimum atomic E-state index is -5.11. The number of carbonyl (C=O) groups excluding carboxylic acids is 1.